The molecule has 0 aliphatic heterocycles. The van der Waals surface area contributed by atoms with Gasteiger partial charge < -0.3 is 24.7 Å². The number of hydrogen-bond donors (Lipinski definition) is 1. The Balaban J connectivity index is 1.81. The second-order valence-electron chi connectivity index (χ2n) is 7.46. The van der Waals surface area contributed by atoms with Crippen molar-refractivity contribution in [1.29, 1.82) is 0 Å². The highest BCUT2D eigenvalue weighted by molar-refractivity contribution is 5.85. The van der Waals surface area contributed by atoms with Crippen molar-refractivity contribution in [1.82, 2.24) is 9.97 Å². The van der Waals surface area contributed by atoms with E-state index in [9.17, 15) is 0 Å². The highest BCUT2D eigenvalue weighted by Crippen LogP contribution is 2.39. The molecule has 0 fully saturated rings. The number of aromatic nitrogens is 2. The molecule has 0 atom stereocenters. The molecule has 0 radical (unpaired) electrons. The molecule has 32 heavy (non-hydrogen) atoms. The molecule has 1 aliphatic carbocycles. The maximum absolute atomic E-state index is 6.14. The summed E-state index contributed by atoms with van der Waals surface area (Å²) in [6.07, 6.45) is 4.91. The molecule has 1 aromatic heterocycles. The van der Waals surface area contributed by atoms with Gasteiger partial charge in [-0.15, -0.1) is 0 Å². The Morgan fingerprint density at radius 1 is 0.750 bits per heavy atom. The fraction of sp³-hybridized carbons (Fsp3) is 0.280. The second kappa shape index (κ2) is 9.18. The molecule has 1 heterocycles. The van der Waals surface area contributed by atoms with Gasteiger partial charge in [0, 0.05) is 11.1 Å². The van der Waals surface area contributed by atoms with Crippen molar-refractivity contribution in [3.8, 4) is 34.3 Å². The number of nitrogen functional groups attached to an aromatic ring is 1. The topological polar surface area (TPSA) is 88.7 Å². The van der Waals surface area contributed by atoms with E-state index < -0.39 is 0 Å². The summed E-state index contributed by atoms with van der Waals surface area (Å²) in [5, 5.41) is 0. The second-order valence-corrected chi connectivity index (χ2v) is 7.46. The zero-order chi connectivity index (χ0) is 22.7. The fourth-order valence-corrected chi connectivity index (χ4v) is 4.08. The van der Waals surface area contributed by atoms with Crippen LogP contribution in [0, 0.1) is 0 Å². The minimum absolute atomic E-state index is 0.244. The molecule has 7 heteroatoms. The van der Waals surface area contributed by atoms with E-state index in [1.807, 2.05) is 36.4 Å². The minimum atomic E-state index is 0.244. The Labute approximate surface area is 187 Å². The van der Waals surface area contributed by atoms with Gasteiger partial charge in [-0.3, -0.25) is 0 Å². The van der Waals surface area contributed by atoms with E-state index in [4.69, 9.17) is 24.7 Å². The lowest BCUT2D eigenvalue weighted by molar-refractivity contribution is 0.355. The van der Waals surface area contributed by atoms with Crippen molar-refractivity contribution in [2.75, 3.05) is 34.2 Å². The lowest BCUT2D eigenvalue weighted by Gasteiger charge is -2.22. The van der Waals surface area contributed by atoms with Crippen molar-refractivity contribution in [3.63, 3.8) is 0 Å². The number of rotatable bonds is 6. The maximum Gasteiger partial charge on any atom is 0.221 e. The molecule has 0 saturated carbocycles. The number of nitrogens with two attached hydrogens (primary N) is 1. The van der Waals surface area contributed by atoms with Crippen LogP contribution < -0.4 is 24.7 Å². The molecular formula is C25H27N3O4. The van der Waals surface area contributed by atoms with Gasteiger partial charge in [0.2, 0.25) is 5.95 Å². The zero-order valence-electron chi connectivity index (χ0n) is 18.8. The van der Waals surface area contributed by atoms with Gasteiger partial charge in [-0.2, -0.15) is 0 Å². The van der Waals surface area contributed by atoms with Crippen LogP contribution in [0.4, 0.5) is 5.95 Å². The molecule has 1 aliphatic rings. The number of anilines is 1. The molecule has 3 aromatic rings. The molecule has 0 spiro atoms. The van der Waals surface area contributed by atoms with E-state index in [1.165, 1.54) is 0 Å². The average Bonchev–Trinajstić information content (AvgIpc) is 2.83. The van der Waals surface area contributed by atoms with Crippen LogP contribution in [0.2, 0.25) is 0 Å². The van der Waals surface area contributed by atoms with Crippen molar-refractivity contribution in [3.05, 3.63) is 53.2 Å². The first-order valence-electron chi connectivity index (χ1n) is 10.4. The van der Waals surface area contributed by atoms with Gasteiger partial charge in [0.25, 0.3) is 0 Å². The summed E-state index contributed by atoms with van der Waals surface area (Å²) in [6.45, 7) is 0. The van der Waals surface area contributed by atoms with Crippen LogP contribution in [0.1, 0.15) is 29.7 Å². The summed E-state index contributed by atoms with van der Waals surface area (Å²) in [7, 11) is 6.50. The predicted octanol–water partition coefficient (Wildman–Crippen LogP) is 4.64. The minimum Gasteiger partial charge on any atom is -0.493 e. The SMILES string of the molecule is COc1ccc(/C=C2\CCCc3c2nc(N)nc3-c2ccc(OC)c(OC)c2)cc1OC. The Bertz CT molecular complexity index is 1170. The van der Waals surface area contributed by atoms with Gasteiger partial charge in [-0.1, -0.05) is 6.07 Å². The van der Waals surface area contributed by atoms with Gasteiger partial charge in [0.1, 0.15) is 0 Å². The summed E-state index contributed by atoms with van der Waals surface area (Å²) in [4.78, 5) is 9.20. The van der Waals surface area contributed by atoms with Crippen molar-refractivity contribution in [2.45, 2.75) is 19.3 Å². The van der Waals surface area contributed by atoms with Crippen LogP contribution >= 0.6 is 0 Å². The van der Waals surface area contributed by atoms with E-state index in [-0.39, 0.29) is 5.95 Å². The van der Waals surface area contributed by atoms with Crippen LogP contribution in [-0.2, 0) is 6.42 Å². The van der Waals surface area contributed by atoms with E-state index >= 15 is 0 Å². The zero-order valence-corrected chi connectivity index (χ0v) is 18.8. The largest absolute Gasteiger partial charge is 0.493 e. The molecule has 2 aromatic carbocycles. The third-order valence-corrected chi connectivity index (χ3v) is 5.61. The highest BCUT2D eigenvalue weighted by Gasteiger charge is 2.23. The van der Waals surface area contributed by atoms with Gasteiger partial charge in [0.15, 0.2) is 23.0 Å². The quantitative estimate of drug-likeness (QED) is 0.606. The van der Waals surface area contributed by atoms with E-state index in [0.717, 1.165) is 52.9 Å². The Kier molecular flexibility index (Phi) is 6.16. The number of fused-ring (bicyclic) bond motifs is 1. The molecule has 0 bridgehead atoms. The van der Waals surface area contributed by atoms with Crippen LogP contribution in [0.15, 0.2) is 36.4 Å². The third kappa shape index (κ3) is 4.06. The predicted molar refractivity (Wildman–Crippen MR) is 125 cm³/mol. The van der Waals surface area contributed by atoms with Crippen molar-refractivity contribution < 1.29 is 18.9 Å². The highest BCUT2D eigenvalue weighted by atomic mass is 16.5. The molecule has 7 nitrogen and oxygen atoms in total. The van der Waals surface area contributed by atoms with Gasteiger partial charge in [-0.25, -0.2) is 9.97 Å². The molecule has 0 amide bonds. The Morgan fingerprint density at radius 2 is 1.38 bits per heavy atom. The van der Waals surface area contributed by atoms with Crippen molar-refractivity contribution in [2.24, 2.45) is 0 Å². The number of hydrogen-bond acceptors (Lipinski definition) is 7. The first-order valence-corrected chi connectivity index (χ1v) is 10.4. The Morgan fingerprint density at radius 3 is 2.06 bits per heavy atom. The van der Waals surface area contributed by atoms with Gasteiger partial charge in [-0.05, 0) is 66.8 Å². The van der Waals surface area contributed by atoms with E-state index in [2.05, 4.69) is 16.0 Å². The average molecular weight is 434 g/mol. The standard InChI is InChI=1S/C25H27N3O4/c1-29-19-10-8-15(13-21(19)31-3)12-16-6-5-7-18-23(16)27-25(26)28-24(18)17-9-11-20(30-2)22(14-17)32-4/h8-14H,5-7H2,1-4H3,(H2,26,27,28)/b16-12+. The summed E-state index contributed by atoms with van der Waals surface area (Å²) >= 11 is 0. The lowest BCUT2D eigenvalue weighted by Crippen LogP contribution is -2.11. The van der Waals surface area contributed by atoms with Crippen LogP contribution in [-0.4, -0.2) is 38.4 Å². The lowest BCUT2D eigenvalue weighted by atomic mass is 9.87. The number of allylic oxidation sites excluding steroid dienone is 1. The Hall–Kier alpha value is -3.74. The number of methoxy groups -OCH3 is 4. The molecule has 2 N–H and O–H groups in total. The maximum atomic E-state index is 6.14. The molecular weight excluding hydrogens is 406 g/mol. The summed E-state index contributed by atoms with van der Waals surface area (Å²) < 4.78 is 21.7. The van der Waals surface area contributed by atoms with Crippen LogP contribution in [0.3, 0.4) is 0 Å². The summed E-state index contributed by atoms with van der Waals surface area (Å²) in [6, 6.07) is 11.6. The third-order valence-electron chi connectivity index (χ3n) is 5.61. The smallest absolute Gasteiger partial charge is 0.221 e. The summed E-state index contributed by atoms with van der Waals surface area (Å²) in [5.74, 6) is 2.94. The van der Waals surface area contributed by atoms with Gasteiger partial charge >= 0.3 is 0 Å². The number of benzene rings is 2. The molecule has 4 rings (SSSR count). The normalized spacial score (nSPS) is 14.1. The number of ether oxygens (including phenoxy) is 4. The fourth-order valence-electron chi connectivity index (χ4n) is 4.08. The van der Waals surface area contributed by atoms with Crippen molar-refractivity contribution >= 4 is 17.6 Å². The molecule has 166 valence electrons. The molecule has 0 unspecified atom stereocenters. The molecule has 0 saturated heterocycles. The van der Waals surface area contributed by atoms with E-state index in [1.54, 1.807) is 28.4 Å². The van der Waals surface area contributed by atoms with Crippen LogP contribution in [0.25, 0.3) is 22.9 Å². The van der Waals surface area contributed by atoms with E-state index in [0.29, 0.717) is 23.0 Å². The summed E-state index contributed by atoms with van der Waals surface area (Å²) in [5.41, 5.74) is 12.0. The monoisotopic (exact) mass is 433 g/mol. The van der Waals surface area contributed by atoms with Gasteiger partial charge in [0.05, 0.1) is 39.8 Å². The number of nitrogens with zero attached hydrogens (tertiary/aromatic N) is 2. The van der Waals surface area contributed by atoms with Crippen LogP contribution in [0.5, 0.6) is 23.0 Å². The first kappa shape index (κ1) is 21.5. The first-order chi connectivity index (χ1) is 15.6.